The second kappa shape index (κ2) is 11.0. The molecule has 9 heteroatoms. The summed E-state index contributed by atoms with van der Waals surface area (Å²) in [5.74, 6) is 0.339. The van der Waals surface area contributed by atoms with Gasteiger partial charge in [0.25, 0.3) is 6.47 Å². The van der Waals surface area contributed by atoms with Crippen molar-refractivity contribution in [3.05, 3.63) is 70.4 Å². The van der Waals surface area contributed by atoms with Crippen LogP contribution in [0.5, 0.6) is 5.88 Å². The van der Waals surface area contributed by atoms with Gasteiger partial charge in [-0.2, -0.15) is 13.8 Å². The van der Waals surface area contributed by atoms with E-state index in [-0.39, 0.29) is 12.5 Å². The Hall–Kier alpha value is -3.59. The highest BCUT2D eigenvalue weighted by Crippen LogP contribution is 2.38. The number of hydrogen-bond donors (Lipinski definition) is 0. The summed E-state index contributed by atoms with van der Waals surface area (Å²) in [7, 11) is 0. The number of ether oxygens (including phenoxy) is 2. The van der Waals surface area contributed by atoms with Crippen LogP contribution in [0.25, 0.3) is 11.0 Å². The number of carbonyl (C=O) groups is 2. The van der Waals surface area contributed by atoms with Crippen LogP contribution in [0.15, 0.2) is 42.5 Å². The maximum atomic E-state index is 12.6. The second-order valence-corrected chi connectivity index (χ2v) is 9.55. The lowest BCUT2D eigenvalue weighted by Crippen LogP contribution is -2.13. The quantitative estimate of drug-likeness (QED) is 0.226. The highest BCUT2D eigenvalue weighted by atomic mass is 32.1. The lowest BCUT2D eigenvalue weighted by atomic mass is 9.84. The van der Waals surface area contributed by atoms with E-state index in [1.165, 1.54) is 18.1 Å². The molecular formula is C27H28N4O4S. The van der Waals surface area contributed by atoms with E-state index in [1.54, 1.807) is 17.7 Å². The van der Waals surface area contributed by atoms with Crippen LogP contribution in [0.3, 0.4) is 0 Å². The first-order valence-corrected chi connectivity index (χ1v) is 13.1. The van der Waals surface area contributed by atoms with Gasteiger partial charge in [0, 0.05) is 17.9 Å². The van der Waals surface area contributed by atoms with Crippen molar-refractivity contribution in [2.24, 2.45) is 0 Å². The van der Waals surface area contributed by atoms with Crippen LogP contribution in [-0.4, -0.2) is 37.6 Å². The average Bonchev–Trinajstić information content (AvgIpc) is 3.50. The first-order valence-electron chi connectivity index (χ1n) is 12.3. The van der Waals surface area contributed by atoms with Gasteiger partial charge in [-0.25, -0.2) is 9.48 Å². The zero-order valence-electron chi connectivity index (χ0n) is 20.2. The van der Waals surface area contributed by atoms with E-state index >= 15 is 0 Å². The summed E-state index contributed by atoms with van der Waals surface area (Å²) in [5, 5.41) is 5.00. The van der Waals surface area contributed by atoms with Crippen LogP contribution in [0.1, 0.15) is 77.7 Å². The van der Waals surface area contributed by atoms with Gasteiger partial charge >= 0.3 is 5.97 Å². The number of rotatable bonds is 9. The Balaban J connectivity index is 1.57. The van der Waals surface area contributed by atoms with Crippen molar-refractivity contribution >= 4 is 35.2 Å². The summed E-state index contributed by atoms with van der Waals surface area (Å²) in [6, 6.07) is 13.3. The minimum absolute atomic E-state index is 0.285. The summed E-state index contributed by atoms with van der Waals surface area (Å²) in [6.45, 7) is 2.81. The van der Waals surface area contributed by atoms with Gasteiger partial charge in [-0.15, -0.1) is 0 Å². The molecule has 5 rings (SSSR count). The molecule has 0 amide bonds. The zero-order chi connectivity index (χ0) is 24.9. The van der Waals surface area contributed by atoms with Crippen molar-refractivity contribution < 1.29 is 19.1 Å². The Bertz CT molecular complexity index is 1370. The number of benzene rings is 2. The molecule has 0 aliphatic heterocycles. The van der Waals surface area contributed by atoms with Gasteiger partial charge in [0.2, 0.25) is 5.88 Å². The SMILES string of the molecule is CCOC(=O)c1ccccc1Cn1nc(C2CCCCC2)c(Cc2ccc3nsnc3c2)c1OC=O. The van der Waals surface area contributed by atoms with E-state index in [0.717, 1.165) is 59.1 Å². The minimum atomic E-state index is -0.379. The molecule has 1 fully saturated rings. The van der Waals surface area contributed by atoms with Crippen LogP contribution >= 0.6 is 11.7 Å². The summed E-state index contributed by atoms with van der Waals surface area (Å²) < 4.78 is 21.2. The number of aromatic nitrogens is 4. The van der Waals surface area contributed by atoms with E-state index in [9.17, 15) is 9.59 Å². The number of esters is 1. The van der Waals surface area contributed by atoms with Gasteiger partial charge in [0.05, 0.1) is 36.1 Å². The molecule has 1 saturated carbocycles. The topological polar surface area (TPSA) is 96.2 Å². The number of hydrogen-bond acceptors (Lipinski definition) is 8. The van der Waals surface area contributed by atoms with Crippen LogP contribution in [0, 0.1) is 0 Å². The van der Waals surface area contributed by atoms with Gasteiger partial charge in [-0.05, 0) is 49.1 Å². The number of nitrogens with zero attached hydrogens (tertiary/aromatic N) is 4. The Morgan fingerprint density at radius 3 is 2.72 bits per heavy atom. The van der Waals surface area contributed by atoms with Crippen molar-refractivity contribution in [3.8, 4) is 5.88 Å². The normalized spacial score (nSPS) is 14.1. The highest BCUT2D eigenvalue weighted by molar-refractivity contribution is 7.00. The second-order valence-electron chi connectivity index (χ2n) is 9.02. The predicted molar refractivity (Wildman–Crippen MR) is 136 cm³/mol. The lowest BCUT2D eigenvalue weighted by Gasteiger charge is -2.21. The Morgan fingerprint density at radius 2 is 1.92 bits per heavy atom. The molecule has 0 unspecified atom stereocenters. The van der Waals surface area contributed by atoms with E-state index in [1.807, 2.05) is 36.4 Å². The third kappa shape index (κ3) is 5.02. The monoisotopic (exact) mass is 504 g/mol. The van der Waals surface area contributed by atoms with Crippen LogP contribution in [0.4, 0.5) is 0 Å². The molecule has 2 aromatic heterocycles. The summed E-state index contributed by atoms with van der Waals surface area (Å²) in [6.07, 6.45) is 6.20. The minimum Gasteiger partial charge on any atom is -0.462 e. The Labute approximate surface area is 213 Å². The van der Waals surface area contributed by atoms with Crippen molar-refractivity contribution in [2.45, 2.75) is 57.9 Å². The fourth-order valence-corrected chi connectivity index (χ4v) is 5.54. The highest BCUT2D eigenvalue weighted by Gasteiger charge is 2.28. The smallest absolute Gasteiger partial charge is 0.338 e. The van der Waals surface area contributed by atoms with Crippen LogP contribution < -0.4 is 4.74 Å². The largest absolute Gasteiger partial charge is 0.462 e. The molecule has 0 saturated heterocycles. The number of carbonyl (C=O) groups excluding carboxylic acids is 2. The summed E-state index contributed by atoms with van der Waals surface area (Å²) >= 11 is 1.19. The standard InChI is InChI=1S/C27H28N4O4S/c1-2-34-27(33)21-11-7-6-10-20(21)16-31-26(35-17-32)22(25(28-31)19-8-4-3-5-9-19)14-18-12-13-23-24(15-18)30-36-29-23/h6-7,10-13,15,17,19H,2-5,8-9,14,16H2,1H3. The van der Waals surface area contributed by atoms with Gasteiger partial charge < -0.3 is 9.47 Å². The van der Waals surface area contributed by atoms with E-state index in [4.69, 9.17) is 14.6 Å². The number of fused-ring (bicyclic) bond motifs is 1. The first-order chi connectivity index (χ1) is 17.7. The fourth-order valence-electron chi connectivity index (χ4n) is 5.03. The van der Waals surface area contributed by atoms with Crippen molar-refractivity contribution in [3.63, 3.8) is 0 Å². The molecular weight excluding hydrogens is 476 g/mol. The fraction of sp³-hybridized carbons (Fsp3) is 0.370. The molecule has 0 atom stereocenters. The first kappa shape index (κ1) is 24.1. The molecule has 0 N–H and O–H groups in total. The lowest BCUT2D eigenvalue weighted by molar-refractivity contribution is -0.121. The predicted octanol–water partition coefficient (Wildman–Crippen LogP) is 5.29. The average molecular weight is 505 g/mol. The molecule has 4 aromatic rings. The van der Waals surface area contributed by atoms with E-state index < -0.39 is 0 Å². The summed E-state index contributed by atoms with van der Waals surface area (Å²) in [5.41, 5.74) is 5.88. The third-order valence-corrected chi connectivity index (χ3v) is 7.27. The maximum absolute atomic E-state index is 12.6. The molecule has 1 aliphatic carbocycles. The van der Waals surface area contributed by atoms with Gasteiger partial charge in [-0.3, -0.25) is 4.79 Å². The van der Waals surface area contributed by atoms with E-state index in [2.05, 4.69) is 8.75 Å². The molecule has 0 spiro atoms. The molecule has 1 aliphatic rings. The molecule has 0 radical (unpaired) electrons. The van der Waals surface area contributed by atoms with E-state index in [0.29, 0.717) is 36.9 Å². The van der Waals surface area contributed by atoms with Gasteiger partial charge in [0.1, 0.15) is 11.0 Å². The third-order valence-electron chi connectivity index (χ3n) is 6.71. The molecule has 2 aromatic carbocycles. The molecule has 2 heterocycles. The van der Waals surface area contributed by atoms with Gasteiger partial charge in [0.15, 0.2) is 0 Å². The van der Waals surface area contributed by atoms with Crippen LogP contribution in [0.2, 0.25) is 0 Å². The zero-order valence-corrected chi connectivity index (χ0v) is 21.0. The Morgan fingerprint density at radius 1 is 1.11 bits per heavy atom. The van der Waals surface area contributed by atoms with Crippen molar-refractivity contribution in [1.82, 2.24) is 18.5 Å². The summed E-state index contributed by atoms with van der Waals surface area (Å²) in [4.78, 5) is 24.2. The van der Waals surface area contributed by atoms with Crippen LogP contribution in [-0.2, 0) is 22.5 Å². The molecule has 0 bridgehead atoms. The Kier molecular flexibility index (Phi) is 7.36. The molecule has 36 heavy (non-hydrogen) atoms. The molecule has 8 nitrogen and oxygen atoms in total. The van der Waals surface area contributed by atoms with Crippen molar-refractivity contribution in [2.75, 3.05) is 6.61 Å². The van der Waals surface area contributed by atoms with Crippen molar-refractivity contribution in [1.29, 1.82) is 0 Å². The van der Waals surface area contributed by atoms with Gasteiger partial charge in [-0.1, -0.05) is 43.5 Å². The maximum Gasteiger partial charge on any atom is 0.338 e. The molecule has 186 valence electrons.